The minimum Gasteiger partial charge on any atom is -0.497 e. The third-order valence-electron chi connectivity index (χ3n) is 3.65. The van der Waals surface area contributed by atoms with Gasteiger partial charge in [-0.2, -0.15) is 0 Å². The van der Waals surface area contributed by atoms with E-state index in [0.29, 0.717) is 19.6 Å². The predicted octanol–water partition coefficient (Wildman–Crippen LogP) is 3.93. The second-order valence-corrected chi connectivity index (χ2v) is 5.38. The quantitative estimate of drug-likeness (QED) is 0.786. The Kier molecular flexibility index (Phi) is 4.63. The average Bonchev–Trinajstić information content (AvgIpc) is 2.38. The third kappa shape index (κ3) is 3.00. The summed E-state index contributed by atoms with van der Waals surface area (Å²) in [5, 5.41) is -0.690. The zero-order valence-corrected chi connectivity index (χ0v) is 11.7. The molecular weight excluding hydrogens is 274 g/mol. The van der Waals surface area contributed by atoms with Crippen molar-refractivity contribution in [2.24, 2.45) is 11.8 Å². The highest BCUT2D eigenvalue weighted by atomic mass is 35.5. The van der Waals surface area contributed by atoms with Crippen LogP contribution in [0.1, 0.15) is 24.3 Å². The Balaban J connectivity index is 2.30. The Morgan fingerprint density at radius 2 is 2.00 bits per heavy atom. The van der Waals surface area contributed by atoms with Gasteiger partial charge in [0.15, 0.2) is 0 Å². The molecule has 3 atom stereocenters. The van der Waals surface area contributed by atoms with Crippen molar-refractivity contribution in [3.05, 3.63) is 29.3 Å². The second-order valence-electron chi connectivity index (χ2n) is 4.91. The topological polar surface area (TPSA) is 18.5 Å². The van der Waals surface area contributed by atoms with Crippen molar-refractivity contribution in [3.63, 3.8) is 0 Å². The molecule has 0 amide bonds. The first-order valence-corrected chi connectivity index (χ1v) is 6.73. The van der Waals surface area contributed by atoms with E-state index >= 15 is 0 Å². The smallest absolute Gasteiger partial charge is 0.134 e. The van der Waals surface area contributed by atoms with E-state index in [2.05, 4.69) is 0 Å². The molecule has 1 aromatic carbocycles. The van der Waals surface area contributed by atoms with Gasteiger partial charge in [-0.25, -0.2) is 8.78 Å². The summed E-state index contributed by atoms with van der Waals surface area (Å²) >= 11 is 6.31. The molecule has 1 heterocycles. The maximum absolute atomic E-state index is 14.0. The number of ether oxygens (including phenoxy) is 2. The number of hydrogen-bond acceptors (Lipinski definition) is 2. The highest BCUT2D eigenvalue weighted by molar-refractivity contribution is 6.21. The van der Waals surface area contributed by atoms with Crippen LogP contribution in [-0.4, -0.2) is 20.3 Å². The fourth-order valence-corrected chi connectivity index (χ4v) is 3.07. The first kappa shape index (κ1) is 14.5. The van der Waals surface area contributed by atoms with Crippen molar-refractivity contribution >= 4 is 11.6 Å². The summed E-state index contributed by atoms with van der Waals surface area (Å²) in [6.45, 7) is 3.14. The molecule has 2 rings (SSSR count). The van der Waals surface area contributed by atoms with E-state index in [1.807, 2.05) is 6.92 Å². The van der Waals surface area contributed by atoms with Crippen molar-refractivity contribution in [1.29, 1.82) is 0 Å². The van der Waals surface area contributed by atoms with Gasteiger partial charge >= 0.3 is 0 Å². The van der Waals surface area contributed by atoms with Crippen LogP contribution < -0.4 is 4.74 Å². The second kappa shape index (κ2) is 6.06. The largest absolute Gasteiger partial charge is 0.497 e. The normalized spacial score (nSPS) is 25.1. The van der Waals surface area contributed by atoms with Crippen molar-refractivity contribution in [1.82, 2.24) is 0 Å². The van der Waals surface area contributed by atoms with E-state index in [1.165, 1.54) is 7.11 Å². The molecule has 0 aromatic heterocycles. The molecule has 0 spiro atoms. The van der Waals surface area contributed by atoms with Crippen LogP contribution in [0.5, 0.6) is 5.75 Å². The molecule has 1 aromatic rings. The molecule has 1 aliphatic rings. The van der Waals surface area contributed by atoms with E-state index in [0.717, 1.165) is 12.1 Å². The van der Waals surface area contributed by atoms with E-state index in [-0.39, 0.29) is 23.1 Å². The predicted molar refractivity (Wildman–Crippen MR) is 69.6 cm³/mol. The van der Waals surface area contributed by atoms with Crippen LogP contribution >= 0.6 is 11.6 Å². The molecule has 0 saturated carbocycles. The molecule has 0 radical (unpaired) electrons. The summed E-state index contributed by atoms with van der Waals surface area (Å²) in [5.74, 6) is -0.973. The number of methoxy groups -OCH3 is 1. The van der Waals surface area contributed by atoms with Gasteiger partial charge in [-0.3, -0.25) is 0 Å². The summed E-state index contributed by atoms with van der Waals surface area (Å²) in [6.07, 6.45) is 0.709. The van der Waals surface area contributed by atoms with Crippen molar-refractivity contribution in [3.8, 4) is 5.75 Å². The zero-order valence-electron chi connectivity index (χ0n) is 11.0. The standard InChI is InChI=1S/C14H17ClF2O2/c1-8-7-19-4-3-10(8)14(15)13-11(16)5-9(18-2)6-12(13)17/h5-6,8,10,14H,3-4,7H2,1-2H3. The molecule has 3 unspecified atom stereocenters. The lowest BCUT2D eigenvalue weighted by Gasteiger charge is -2.32. The lowest BCUT2D eigenvalue weighted by molar-refractivity contribution is 0.0222. The number of rotatable bonds is 3. The molecule has 5 heteroatoms. The summed E-state index contributed by atoms with van der Waals surface area (Å²) in [4.78, 5) is 0. The molecule has 1 saturated heterocycles. The molecule has 106 valence electrons. The van der Waals surface area contributed by atoms with Crippen LogP contribution in [0.4, 0.5) is 8.78 Å². The highest BCUT2D eigenvalue weighted by Gasteiger charge is 2.33. The van der Waals surface area contributed by atoms with Gasteiger partial charge in [-0.15, -0.1) is 11.6 Å². The van der Waals surface area contributed by atoms with Gasteiger partial charge in [0.25, 0.3) is 0 Å². The molecule has 0 N–H and O–H groups in total. The Hall–Kier alpha value is -0.870. The zero-order chi connectivity index (χ0) is 14.0. The highest BCUT2D eigenvalue weighted by Crippen LogP contribution is 2.41. The van der Waals surface area contributed by atoms with E-state index in [9.17, 15) is 8.78 Å². The Morgan fingerprint density at radius 3 is 2.53 bits per heavy atom. The first-order valence-electron chi connectivity index (χ1n) is 6.29. The minimum atomic E-state index is -0.690. The van der Waals surface area contributed by atoms with Gasteiger partial charge in [-0.05, 0) is 18.3 Å². The van der Waals surface area contributed by atoms with Crippen LogP contribution in [0.3, 0.4) is 0 Å². The Morgan fingerprint density at radius 1 is 1.37 bits per heavy atom. The SMILES string of the molecule is COc1cc(F)c(C(Cl)C2CCOCC2C)c(F)c1. The van der Waals surface area contributed by atoms with E-state index < -0.39 is 17.0 Å². The summed E-state index contributed by atoms with van der Waals surface area (Å²) in [7, 11) is 1.37. The average molecular weight is 291 g/mol. The van der Waals surface area contributed by atoms with E-state index in [4.69, 9.17) is 21.1 Å². The fourth-order valence-electron chi connectivity index (χ4n) is 2.49. The lowest BCUT2D eigenvalue weighted by atomic mass is 9.84. The number of hydrogen-bond donors (Lipinski definition) is 0. The van der Waals surface area contributed by atoms with Crippen LogP contribution in [0.25, 0.3) is 0 Å². The maximum Gasteiger partial charge on any atom is 0.134 e. The fraction of sp³-hybridized carbons (Fsp3) is 0.571. The van der Waals surface area contributed by atoms with E-state index in [1.54, 1.807) is 0 Å². The van der Waals surface area contributed by atoms with Gasteiger partial charge in [-0.1, -0.05) is 6.92 Å². The Bertz CT molecular complexity index is 430. The molecule has 1 aliphatic heterocycles. The number of benzene rings is 1. The molecule has 19 heavy (non-hydrogen) atoms. The summed E-state index contributed by atoms with van der Waals surface area (Å²) in [5.41, 5.74) is -0.0683. The first-order chi connectivity index (χ1) is 9.04. The summed E-state index contributed by atoms with van der Waals surface area (Å²) in [6, 6.07) is 2.33. The summed E-state index contributed by atoms with van der Waals surface area (Å²) < 4.78 is 38.2. The van der Waals surface area contributed by atoms with Crippen molar-refractivity contribution in [2.75, 3.05) is 20.3 Å². The molecule has 1 fully saturated rings. The Labute approximate surface area is 116 Å². The lowest BCUT2D eigenvalue weighted by Crippen LogP contribution is -2.29. The van der Waals surface area contributed by atoms with Crippen molar-refractivity contribution < 1.29 is 18.3 Å². The van der Waals surface area contributed by atoms with Gasteiger partial charge in [0.05, 0.1) is 12.5 Å². The van der Waals surface area contributed by atoms with Crippen LogP contribution in [-0.2, 0) is 4.74 Å². The number of alkyl halides is 1. The van der Waals surface area contributed by atoms with Gasteiger partial charge in [0.1, 0.15) is 17.4 Å². The van der Waals surface area contributed by atoms with Gasteiger partial charge in [0.2, 0.25) is 0 Å². The van der Waals surface area contributed by atoms with Crippen LogP contribution in [0.15, 0.2) is 12.1 Å². The number of halogens is 3. The molecule has 0 bridgehead atoms. The molecular formula is C14H17ClF2O2. The maximum atomic E-state index is 14.0. The van der Waals surface area contributed by atoms with Crippen LogP contribution in [0.2, 0.25) is 0 Å². The minimum absolute atomic E-state index is 0.00723. The van der Waals surface area contributed by atoms with Gasteiger partial charge < -0.3 is 9.47 Å². The molecule has 0 aliphatic carbocycles. The third-order valence-corrected chi connectivity index (χ3v) is 4.19. The monoisotopic (exact) mass is 290 g/mol. The molecule has 2 nitrogen and oxygen atoms in total. The van der Waals surface area contributed by atoms with Gasteiger partial charge in [0, 0.05) is 30.9 Å². The van der Waals surface area contributed by atoms with Crippen molar-refractivity contribution in [2.45, 2.75) is 18.7 Å². The van der Waals surface area contributed by atoms with Crippen LogP contribution in [0, 0.1) is 23.5 Å².